The zero-order valence-electron chi connectivity index (χ0n) is 11.0. The second-order valence-electron chi connectivity index (χ2n) is 4.62. The van der Waals surface area contributed by atoms with Crippen LogP contribution in [-0.4, -0.2) is 48.6 Å². The minimum Gasteiger partial charge on any atom is -0.478 e. The van der Waals surface area contributed by atoms with Crippen LogP contribution in [0.2, 0.25) is 5.02 Å². The Labute approximate surface area is 122 Å². The van der Waals surface area contributed by atoms with Crippen molar-refractivity contribution in [1.82, 2.24) is 4.90 Å². The minimum atomic E-state index is -1.00. The van der Waals surface area contributed by atoms with Crippen molar-refractivity contribution in [3.05, 3.63) is 34.9 Å². The van der Waals surface area contributed by atoms with Gasteiger partial charge in [0.25, 0.3) is 0 Å². The molecule has 1 aliphatic heterocycles. The third-order valence-corrected chi connectivity index (χ3v) is 3.49. The maximum atomic E-state index is 11.7. The smallest absolute Gasteiger partial charge is 0.328 e. The standard InChI is InChI=1S/C14H15ClN2O3/c1-16-6-7-17(9-13(16)18)12-4-2-10(8-11(12)15)3-5-14(19)20/h2-5,8H,6-7,9H2,1H3,(H,19,20)/b5-3+. The van der Waals surface area contributed by atoms with Crippen LogP contribution in [0.3, 0.4) is 0 Å². The Morgan fingerprint density at radius 1 is 1.40 bits per heavy atom. The average molecular weight is 295 g/mol. The number of anilines is 1. The Morgan fingerprint density at radius 3 is 2.75 bits per heavy atom. The van der Waals surface area contributed by atoms with Crippen molar-refractivity contribution >= 4 is 35.2 Å². The van der Waals surface area contributed by atoms with Gasteiger partial charge < -0.3 is 14.9 Å². The number of carbonyl (C=O) groups is 2. The number of carboxylic acids is 1. The summed E-state index contributed by atoms with van der Waals surface area (Å²) < 4.78 is 0. The van der Waals surface area contributed by atoms with Crippen LogP contribution in [0.5, 0.6) is 0 Å². The van der Waals surface area contributed by atoms with E-state index in [1.807, 2.05) is 11.0 Å². The molecule has 0 spiro atoms. The van der Waals surface area contributed by atoms with Crippen LogP contribution in [0.4, 0.5) is 5.69 Å². The fraction of sp³-hybridized carbons (Fsp3) is 0.286. The first-order valence-electron chi connectivity index (χ1n) is 6.17. The number of nitrogens with zero attached hydrogens (tertiary/aromatic N) is 2. The molecule has 20 heavy (non-hydrogen) atoms. The Hall–Kier alpha value is -2.01. The molecule has 2 rings (SSSR count). The SMILES string of the molecule is CN1CCN(c2ccc(/C=C/C(=O)O)cc2Cl)CC1=O. The molecule has 1 saturated heterocycles. The van der Waals surface area contributed by atoms with Crippen LogP contribution in [0, 0.1) is 0 Å². The van der Waals surface area contributed by atoms with Crippen molar-refractivity contribution in [1.29, 1.82) is 0 Å². The number of aliphatic carboxylic acids is 1. The van der Waals surface area contributed by atoms with Crippen LogP contribution in [0.15, 0.2) is 24.3 Å². The van der Waals surface area contributed by atoms with Crippen molar-refractivity contribution in [2.45, 2.75) is 0 Å². The largest absolute Gasteiger partial charge is 0.478 e. The molecule has 106 valence electrons. The van der Waals surface area contributed by atoms with E-state index in [-0.39, 0.29) is 5.91 Å². The van der Waals surface area contributed by atoms with E-state index < -0.39 is 5.97 Å². The maximum absolute atomic E-state index is 11.7. The number of halogens is 1. The van der Waals surface area contributed by atoms with Gasteiger partial charge in [-0.1, -0.05) is 17.7 Å². The summed E-state index contributed by atoms with van der Waals surface area (Å²) in [7, 11) is 1.78. The highest BCUT2D eigenvalue weighted by Crippen LogP contribution is 2.28. The third kappa shape index (κ3) is 3.30. The summed E-state index contributed by atoms with van der Waals surface area (Å²) in [6.07, 6.45) is 2.54. The lowest BCUT2D eigenvalue weighted by Gasteiger charge is -2.34. The van der Waals surface area contributed by atoms with E-state index in [2.05, 4.69) is 0 Å². The topological polar surface area (TPSA) is 60.9 Å². The number of hydrogen-bond donors (Lipinski definition) is 1. The highest BCUT2D eigenvalue weighted by Gasteiger charge is 2.22. The van der Waals surface area contributed by atoms with Gasteiger partial charge in [-0.15, -0.1) is 0 Å². The molecule has 0 radical (unpaired) electrons. The van der Waals surface area contributed by atoms with Gasteiger partial charge in [0.05, 0.1) is 17.3 Å². The summed E-state index contributed by atoms with van der Waals surface area (Å²) in [5.41, 5.74) is 1.50. The number of carbonyl (C=O) groups excluding carboxylic acids is 1. The molecule has 0 aliphatic carbocycles. The minimum absolute atomic E-state index is 0.0576. The first kappa shape index (κ1) is 14.4. The van der Waals surface area contributed by atoms with Gasteiger partial charge in [0.1, 0.15) is 0 Å². The van der Waals surface area contributed by atoms with Crippen molar-refractivity contribution in [2.75, 3.05) is 31.6 Å². The zero-order chi connectivity index (χ0) is 14.7. The monoisotopic (exact) mass is 294 g/mol. The van der Waals surface area contributed by atoms with E-state index in [4.69, 9.17) is 16.7 Å². The number of amides is 1. The summed E-state index contributed by atoms with van der Waals surface area (Å²) in [6.45, 7) is 1.70. The highest BCUT2D eigenvalue weighted by atomic mass is 35.5. The van der Waals surface area contributed by atoms with Gasteiger partial charge in [-0.2, -0.15) is 0 Å². The molecule has 0 saturated carbocycles. The second kappa shape index (κ2) is 5.96. The van der Waals surface area contributed by atoms with Crippen LogP contribution in [0.1, 0.15) is 5.56 Å². The van der Waals surface area contributed by atoms with Crippen LogP contribution < -0.4 is 4.90 Å². The molecular formula is C14H15ClN2O3. The van der Waals surface area contributed by atoms with E-state index in [1.165, 1.54) is 6.08 Å². The molecule has 1 aliphatic rings. The molecule has 0 bridgehead atoms. The summed E-state index contributed by atoms with van der Waals surface area (Å²) >= 11 is 6.21. The Morgan fingerprint density at radius 2 is 2.15 bits per heavy atom. The van der Waals surface area contributed by atoms with Crippen molar-refractivity contribution in [2.24, 2.45) is 0 Å². The Bertz CT molecular complexity index is 572. The van der Waals surface area contributed by atoms with Crippen molar-refractivity contribution in [3.8, 4) is 0 Å². The van der Waals surface area contributed by atoms with E-state index in [9.17, 15) is 9.59 Å². The molecule has 1 N–H and O–H groups in total. The van der Waals surface area contributed by atoms with Gasteiger partial charge >= 0.3 is 5.97 Å². The van der Waals surface area contributed by atoms with E-state index in [0.29, 0.717) is 23.7 Å². The molecule has 0 atom stereocenters. The molecule has 1 aromatic rings. The Balaban J connectivity index is 2.18. The first-order valence-corrected chi connectivity index (χ1v) is 6.54. The quantitative estimate of drug-likeness (QED) is 0.862. The van der Waals surface area contributed by atoms with Gasteiger partial charge in [0, 0.05) is 26.2 Å². The average Bonchev–Trinajstić information content (AvgIpc) is 2.40. The zero-order valence-corrected chi connectivity index (χ0v) is 11.8. The predicted octanol–water partition coefficient (Wildman–Crippen LogP) is 1.72. The predicted molar refractivity (Wildman–Crippen MR) is 78.0 cm³/mol. The molecule has 6 heteroatoms. The molecule has 1 heterocycles. The maximum Gasteiger partial charge on any atom is 0.328 e. The van der Waals surface area contributed by atoms with Gasteiger partial charge in [0.15, 0.2) is 0 Å². The lowest BCUT2D eigenvalue weighted by molar-refractivity contribution is -0.131. The highest BCUT2D eigenvalue weighted by molar-refractivity contribution is 6.33. The van der Waals surface area contributed by atoms with Crippen LogP contribution in [-0.2, 0) is 9.59 Å². The van der Waals surface area contributed by atoms with Gasteiger partial charge in [0.2, 0.25) is 5.91 Å². The van der Waals surface area contributed by atoms with E-state index >= 15 is 0 Å². The molecule has 1 aromatic carbocycles. The van der Waals surface area contributed by atoms with Gasteiger partial charge in [-0.25, -0.2) is 4.79 Å². The number of hydrogen-bond acceptors (Lipinski definition) is 3. The fourth-order valence-electron chi connectivity index (χ4n) is 2.01. The van der Waals surface area contributed by atoms with Crippen molar-refractivity contribution in [3.63, 3.8) is 0 Å². The number of piperazine rings is 1. The van der Waals surface area contributed by atoms with Gasteiger partial charge in [-0.05, 0) is 23.8 Å². The summed E-state index contributed by atoms with van der Waals surface area (Å²) in [6, 6.07) is 5.28. The number of likely N-dealkylation sites (N-methyl/N-ethyl adjacent to an activating group) is 1. The molecule has 1 fully saturated rings. The van der Waals surface area contributed by atoms with Gasteiger partial charge in [-0.3, -0.25) is 4.79 Å². The summed E-state index contributed by atoms with van der Waals surface area (Å²) in [5, 5.41) is 9.10. The first-order chi connectivity index (χ1) is 9.47. The normalized spacial score (nSPS) is 16.0. The number of benzene rings is 1. The van der Waals surface area contributed by atoms with Crippen molar-refractivity contribution < 1.29 is 14.7 Å². The molecule has 0 aromatic heterocycles. The second-order valence-corrected chi connectivity index (χ2v) is 5.03. The summed E-state index contributed by atoms with van der Waals surface area (Å²) in [4.78, 5) is 25.8. The third-order valence-electron chi connectivity index (χ3n) is 3.19. The molecule has 0 unspecified atom stereocenters. The fourth-order valence-corrected chi connectivity index (χ4v) is 2.32. The van der Waals surface area contributed by atoms with E-state index in [0.717, 1.165) is 18.3 Å². The van der Waals surface area contributed by atoms with Crippen LogP contribution >= 0.6 is 11.6 Å². The molecule has 1 amide bonds. The lowest BCUT2D eigenvalue weighted by Crippen LogP contribution is -2.48. The number of rotatable bonds is 3. The lowest BCUT2D eigenvalue weighted by atomic mass is 10.1. The van der Waals surface area contributed by atoms with Crippen LogP contribution in [0.25, 0.3) is 6.08 Å². The summed E-state index contributed by atoms with van der Waals surface area (Å²) in [5.74, 6) is -0.947. The Kier molecular flexibility index (Phi) is 4.29. The molecular weight excluding hydrogens is 280 g/mol. The number of carboxylic acid groups (broad SMARTS) is 1. The van der Waals surface area contributed by atoms with E-state index in [1.54, 1.807) is 24.1 Å². The molecule has 5 nitrogen and oxygen atoms in total.